The summed E-state index contributed by atoms with van der Waals surface area (Å²) in [6.45, 7) is 3.66. The largest absolute Gasteiger partial charge is 0.481 e. The van der Waals surface area contributed by atoms with Gasteiger partial charge in [-0.05, 0) is 43.7 Å². The van der Waals surface area contributed by atoms with Crippen molar-refractivity contribution in [3.63, 3.8) is 0 Å². The van der Waals surface area contributed by atoms with Crippen molar-refractivity contribution >= 4 is 5.97 Å². The average Bonchev–Trinajstić information content (AvgIpc) is 2.92. The van der Waals surface area contributed by atoms with Crippen molar-refractivity contribution in [1.82, 2.24) is 4.90 Å². The Bertz CT molecular complexity index is 504. The van der Waals surface area contributed by atoms with Gasteiger partial charge >= 0.3 is 5.97 Å². The van der Waals surface area contributed by atoms with Gasteiger partial charge in [-0.15, -0.1) is 0 Å². The van der Waals surface area contributed by atoms with E-state index in [0.29, 0.717) is 19.8 Å². The molecule has 0 saturated carbocycles. The van der Waals surface area contributed by atoms with Crippen LogP contribution in [0.15, 0.2) is 30.3 Å². The number of fused-ring (bicyclic) bond motifs is 1. The molecule has 3 rings (SSSR count). The molecule has 0 radical (unpaired) electrons. The first-order valence-corrected chi connectivity index (χ1v) is 8.28. The van der Waals surface area contributed by atoms with Gasteiger partial charge in [0.1, 0.15) is 5.41 Å². The number of hydrogen-bond acceptors (Lipinski definition) is 3. The fourth-order valence-electron chi connectivity index (χ4n) is 3.87. The number of carboxylic acid groups (broad SMARTS) is 1. The van der Waals surface area contributed by atoms with Crippen LogP contribution >= 0.6 is 0 Å². The topological polar surface area (TPSA) is 49.8 Å². The minimum absolute atomic E-state index is 0.257. The lowest BCUT2D eigenvalue weighted by atomic mass is 9.76. The van der Waals surface area contributed by atoms with Crippen molar-refractivity contribution in [2.75, 3.05) is 32.8 Å². The van der Waals surface area contributed by atoms with Crippen LogP contribution in [0.5, 0.6) is 0 Å². The maximum Gasteiger partial charge on any atom is 0.313 e. The summed E-state index contributed by atoms with van der Waals surface area (Å²) in [5, 5.41) is 9.63. The summed E-state index contributed by atoms with van der Waals surface area (Å²) in [4.78, 5) is 14.0. The smallest absolute Gasteiger partial charge is 0.313 e. The van der Waals surface area contributed by atoms with Crippen LogP contribution in [0.25, 0.3) is 0 Å². The number of hydrogen-bond donors (Lipinski definition) is 1. The van der Waals surface area contributed by atoms with E-state index in [1.165, 1.54) is 5.56 Å². The van der Waals surface area contributed by atoms with Gasteiger partial charge in [-0.2, -0.15) is 0 Å². The molecule has 2 atom stereocenters. The van der Waals surface area contributed by atoms with Gasteiger partial charge in [0, 0.05) is 19.7 Å². The summed E-state index contributed by atoms with van der Waals surface area (Å²) < 4.78 is 5.47. The molecule has 120 valence electrons. The van der Waals surface area contributed by atoms with Gasteiger partial charge in [-0.3, -0.25) is 4.79 Å². The first-order valence-electron chi connectivity index (χ1n) is 8.28. The fraction of sp³-hybridized carbons (Fsp3) is 0.611. The number of benzene rings is 1. The van der Waals surface area contributed by atoms with Crippen molar-refractivity contribution in [3.8, 4) is 0 Å². The number of aryl methyl sites for hydroxylation is 1. The maximum atomic E-state index is 11.7. The number of rotatable bonds is 6. The molecule has 0 aliphatic carbocycles. The second-order valence-corrected chi connectivity index (χ2v) is 6.68. The molecule has 4 heteroatoms. The lowest BCUT2D eigenvalue weighted by Gasteiger charge is -2.34. The summed E-state index contributed by atoms with van der Waals surface area (Å²) in [5.74, 6) is -0.420. The third-order valence-electron chi connectivity index (χ3n) is 5.19. The molecule has 0 unspecified atom stereocenters. The summed E-state index contributed by atoms with van der Waals surface area (Å²) >= 11 is 0. The van der Waals surface area contributed by atoms with E-state index in [-0.39, 0.29) is 5.92 Å². The molecule has 1 aromatic rings. The Morgan fingerprint density at radius 1 is 1.32 bits per heavy atom. The van der Waals surface area contributed by atoms with Crippen molar-refractivity contribution in [3.05, 3.63) is 35.9 Å². The Morgan fingerprint density at radius 2 is 2.14 bits per heavy atom. The Labute approximate surface area is 132 Å². The molecule has 2 aliphatic heterocycles. The molecule has 0 aromatic heterocycles. The number of aliphatic carboxylic acids is 1. The van der Waals surface area contributed by atoms with E-state index in [2.05, 4.69) is 29.2 Å². The Balaban J connectivity index is 1.47. The van der Waals surface area contributed by atoms with Crippen molar-refractivity contribution in [2.45, 2.75) is 25.7 Å². The zero-order valence-corrected chi connectivity index (χ0v) is 13.0. The normalized spacial score (nSPS) is 28.5. The van der Waals surface area contributed by atoms with Crippen molar-refractivity contribution in [1.29, 1.82) is 0 Å². The predicted molar refractivity (Wildman–Crippen MR) is 84.8 cm³/mol. The number of likely N-dealkylation sites (tertiary alicyclic amines) is 1. The highest BCUT2D eigenvalue weighted by Gasteiger charge is 2.53. The fourth-order valence-corrected chi connectivity index (χ4v) is 3.87. The highest BCUT2D eigenvalue weighted by Crippen LogP contribution is 2.41. The Hall–Kier alpha value is -1.39. The second kappa shape index (κ2) is 6.80. The Kier molecular flexibility index (Phi) is 4.79. The lowest BCUT2D eigenvalue weighted by Crippen LogP contribution is -2.46. The van der Waals surface area contributed by atoms with Crippen LogP contribution in [0.4, 0.5) is 0 Å². The molecule has 2 fully saturated rings. The number of unbranched alkanes of at least 4 members (excludes halogenated alkanes) is 1. The molecule has 1 aromatic carbocycles. The molecule has 0 spiro atoms. The molecule has 2 saturated heterocycles. The molecule has 2 heterocycles. The molecule has 4 nitrogen and oxygen atoms in total. The molecule has 2 aliphatic rings. The lowest BCUT2D eigenvalue weighted by molar-refractivity contribution is -0.159. The highest BCUT2D eigenvalue weighted by molar-refractivity contribution is 5.76. The van der Waals surface area contributed by atoms with Gasteiger partial charge in [-0.1, -0.05) is 30.3 Å². The van der Waals surface area contributed by atoms with Gasteiger partial charge in [-0.25, -0.2) is 0 Å². The third kappa shape index (κ3) is 3.18. The average molecular weight is 303 g/mol. The van der Waals surface area contributed by atoms with Gasteiger partial charge in [0.25, 0.3) is 0 Å². The van der Waals surface area contributed by atoms with Gasteiger partial charge in [0.15, 0.2) is 0 Å². The zero-order valence-electron chi connectivity index (χ0n) is 13.0. The van der Waals surface area contributed by atoms with Crippen LogP contribution < -0.4 is 0 Å². The van der Waals surface area contributed by atoms with Gasteiger partial charge in [0.05, 0.1) is 6.61 Å². The predicted octanol–water partition coefficient (Wildman–Crippen LogP) is 2.43. The highest BCUT2D eigenvalue weighted by atomic mass is 16.5. The molecule has 1 N–H and O–H groups in total. The van der Waals surface area contributed by atoms with Crippen LogP contribution in [-0.4, -0.2) is 48.8 Å². The van der Waals surface area contributed by atoms with Crippen molar-refractivity contribution < 1.29 is 14.6 Å². The monoisotopic (exact) mass is 303 g/mol. The van der Waals surface area contributed by atoms with E-state index >= 15 is 0 Å². The maximum absolute atomic E-state index is 11.7. The van der Waals surface area contributed by atoms with Crippen LogP contribution in [0, 0.1) is 11.3 Å². The van der Waals surface area contributed by atoms with Gasteiger partial charge < -0.3 is 14.7 Å². The summed E-state index contributed by atoms with van der Waals surface area (Å²) in [6, 6.07) is 10.5. The van der Waals surface area contributed by atoms with E-state index in [1.807, 2.05) is 6.07 Å². The van der Waals surface area contributed by atoms with E-state index in [1.54, 1.807) is 0 Å². The number of carbonyl (C=O) groups is 1. The van der Waals surface area contributed by atoms with Crippen molar-refractivity contribution in [2.24, 2.45) is 11.3 Å². The number of nitrogens with zero attached hydrogens (tertiary/aromatic N) is 1. The third-order valence-corrected chi connectivity index (χ3v) is 5.19. The van der Waals surface area contributed by atoms with E-state index in [0.717, 1.165) is 38.8 Å². The molecular weight excluding hydrogens is 278 g/mol. The molecule has 0 bridgehead atoms. The Morgan fingerprint density at radius 3 is 2.86 bits per heavy atom. The van der Waals surface area contributed by atoms with E-state index in [4.69, 9.17) is 4.74 Å². The zero-order chi connectivity index (χ0) is 15.4. The molecule has 0 amide bonds. The van der Waals surface area contributed by atoms with Crippen LogP contribution in [0.1, 0.15) is 24.8 Å². The number of ether oxygens (including phenoxy) is 1. The standard InChI is InChI=1S/C18H25NO3/c20-17(21)18-13-19(12-16(18)9-11-22-14-18)10-5-4-8-15-6-2-1-3-7-15/h1-3,6-7,16H,4-5,8-14H2,(H,20,21)/t16-,18+/m0/s1. The minimum Gasteiger partial charge on any atom is -0.481 e. The SMILES string of the molecule is O=C(O)[C@]12COCC[C@H]1CN(CCCCc1ccccc1)C2. The quantitative estimate of drug-likeness (QED) is 0.820. The minimum atomic E-state index is -0.677. The van der Waals surface area contributed by atoms with Crippen LogP contribution in [0.2, 0.25) is 0 Å². The molecular formula is C18H25NO3. The number of carboxylic acids is 1. The molecule has 22 heavy (non-hydrogen) atoms. The van der Waals surface area contributed by atoms with E-state index in [9.17, 15) is 9.90 Å². The van der Waals surface area contributed by atoms with Crippen LogP contribution in [-0.2, 0) is 16.0 Å². The second-order valence-electron chi connectivity index (χ2n) is 6.68. The van der Waals surface area contributed by atoms with Crippen LogP contribution in [0.3, 0.4) is 0 Å². The summed E-state index contributed by atoms with van der Waals surface area (Å²) in [6.07, 6.45) is 4.26. The first-order chi connectivity index (χ1) is 10.7. The van der Waals surface area contributed by atoms with Gasteiger partial charge in [0.2, 0.25) is 0 Å². The summed E-state index contributed by atoms with van der Waals surface area (Å²) in [5.41, 5.74) is 0.727. The summed E-state index contributed by atoms with van der Waals surface area (Å²) in [7, 11) is 0. The first kappa shape index (κ1) is 15.5. The van der Waals surface area contributed by atoms with E-state index < -0.39 is 11.4 Å².